The van der Waals surface area contributed by atoms with Gasteiger partial charge in [0, 0.05) is 11.9 Å². The molecule has 0 aliphatic rings. The van der Waals surface area contributed by atoms with Gasteiger partial charge in [0.25, 0.3) is 0 Å². The Balaban J connectivity index is 1.83. The minimum atomic E-state index is -0.0968. The quantitative estimate of drug-likeness (QED) is 0.907. The standard InChI is InChI=1S/C15H16N2OS/c1-12(19-11-13-6-3-2-4-7-13)15(18)17-14-8-5-9-16-10-14/h2-10,12H,11H2,1H3,(H,17,18)/t12-/m0/s1. The third-order valence-electron chi connectivity index (χ3n) is 2.64. The van der Waals surface area contributed by atoms with Crippen LogP contribution in [0.4, 0.5) is 5.69 Å². The highest BCUT2D eigenvalue weighted by Crippen LogP contribution is 2.18. The number of hydrogen-bond donors (Lipinski definition) is 1. The SMILES string of the molecule is C[C@H](SCc1ccccc1)C(=O)Nc1cccnc1. The van der Waals surface area contributed by atoms with E-state index in [-0.39, 0.29) is 11.2 Å². The molecule has 98 valence electrons. The fourth-order valence-electron chi connectivity index (χ4n) is 1.55. The molecule has 0 saturated heterocycles. The van der Waals surface area contributed by atoms with Gasteiger partial charge < -0.3 is 5.32 Å². The summed E-state index contributed by atoms with van der Waals surface area (Å²) < 4.78 is 0. The Morgan fingerprint density at radius 2 is 2.05 bits per heavy atom. The summed E-state index contributed by atoms with van der Waals surface area (Å²) in [4.78, 5) is 15.9. The number of hydrogen-bond acceptors (Lipinski definition) is 3. The van der Waals surface area contributed by atoms with Crippen LogP contribution in [-0.4, -0.2) is 16.1 Å². The van der Waals surface area contributed by atoms with E-state index in [2.05, 4.69) is 22.4 Å². The third-order valence-corrected chi connectivity index (χ3v) is 3.86. The van der Waals surface area contributed by atoms with E-state index in [4.69, 9.17) is 0 Å². The van der Waals surface area contributed by atoms with Crippen LogP contribution in [0, 0.1) is 0 Å². The molecule has 1 heterocycles. The number of carbonyl (C=O) groups is 1. The molecule has 0 fully saturated rings. The van der Waals surface area contributed by atoms with E-state index in [9.17, 15) is 4.79 Å². The predicted octanol–water partition coefficient (Wildman–Crippen LogP) is 3.34. The average Bonchev–Trinajstić information content (AvgIpc) is 2.47. The van der Waals surface area contributed by atoms with Gasteiger partial charge >= 0.3 is 0 Å². The van der Waals surface area contributed by atoms with Crippen molar-refractivity contribution in [2.75, 3.05) is 5.32 Å². The van der Waals surface area contributed by atoms with Crippen LogP contribution in [-0.2, 0) is 10.5 Å². The minimum absolute atomic E-state index is 0.00827. The second-order valence-corrected chi connectivity index (χ2v) is 5.50. The molecule has 1 amide bonds. The fourth-order valence-corrected chi connectivity index (χ4v) is 2.40. The van der Waals surface area contributed by atoms with Gasteiger partial charge in [-0.3, -0.25) is 9.78 Å². The summed E-state index contributed by atoms with van der Waals surface area (Å²) in [5, 5.41) is 2.76. The molecule has 0 aliphatic heterocycles. The maximum atomic E-state index is 12.0. The number of amides is 1. The lowest BCUT2D eigenvalue weighted by atomic mass is 10.2. The summed E-state index contributed by atoms with van der Waals surface area (Å²) in [6, 6.07) is 13.8. The lowest BCUT2D eigenvalue weighted by molar-refractivity contribution is -0.115. The highest BCUT2D eigenvalue weighted by molar-refractivity contribution is 7.99. The largest absolute Gasteiger partial charge is 0.324 e. The van der Waals surface area contributed by atoms with Gasteiger partial charge in [0.1, 0.15) is 0 Å². The smallest absolute Gasteiger partial charge is 0.237 e. The van der Waals surface area contributed by atoms with E-state index in [1.807, 2.05) is 31.2 Å². The van der Waals surface area contributed by atoms with Crippen LogP contribution in [0.15, 0.2) is 54.9 Å². The Morgan fingerprint density at radius 1 is 1.26 bits per heavy atom. The Bertz CT molecular complexity index is 516. The van der Waals surface area contributed by atoms with E-state index in [1.54, 1.807) is 30.2 Å². The van der Waals surface area contributed by atoms with Crippen molar-refractivity contribution in [3.63, 3.8) is 0 Å². The summed E-state index contributed by atoms with van der Waals surface area (Å²) in [5.74, 6) is 0.844. The number of thioether (sulfide) groups is 1. The molecule has 0 spiro atoms. The number of nitrogens with one attached hydrogen (secondary N) is 1. The summed E-state index contributed by atoms with van der Waals surface area (Å²) in [5.41, 5.74) is 1.97. The van der Waals surface area contributed by atoms with Gasteiger partial charge in [-0.05, 0) is 24.6 Å². The zero-order valence-electron chi connectivity index (χ0n) is 10.7. The molecule has 1 N–H and O–H groups in total. The topological polar surface area (TPSA) is 42.0 Å². The number of pyridine rings is 1. The van der Waals surface area contributed by atoms with Crippen LogP contribution in [0.3, 0.4) is 0 Å². The maximum Gasteiger partial charge on any atom is 0.237 e. The number of aromatic nitrogens is 1. The van der Waals surface area contributed by atoms with Gasteiger partial charge in [0.15, 0.2) is 0 Å². The average molecular weight is 272 g/mol. The second kappa shape index (κ2) is 6.95. The normalized spacial score (nSPS) is 11.8. The van der Waals surface area contributed by atoms with Gasteiger partial charge in [-0.2, -0.15) is 0 Å². The van der Waals surface area contributed by atoms with E-state index in [0.717, 1.165) is 11.4 Å². The fraction of sp³-hybridized carbons (Fsp3) is 0.200. The summed E-state index contributed by atoms with van der Waals surface area (Å²) in [6.45, 7) is 1.92. The van der Waals surface area contributed by atoms with Crippen LogP contribution < -0.4 is 5.32 Å². The molecular weight excluding hydrogens is 256 g/mol. The molecule has 0 radical (unpaired) electrons. The first-order valence-electron chi connectivity index (χ1n) is 6.12. The first-order valence-corrected chi connectivity index (χ1v) is 7.17. The Hall–Kier alpha value is -1.81. The van der Waals surface area contributed by atoms with Crippen molar-refractivity contribution in [1.29, 1.82) is 0 Å². The molecular formula is C15H16N2OS. The number of carbonyl (C=O) groups excluding carboxylic acids is 1. The summed E-state index contributed by atoms with van der Waals surface area (Å²) >= 11 is 1.62. The molecule has 4 heteroatoms. The zero-order chi connectivity index (χ0) is 13.5. The van der Waals surface area contributed by atoms with Crippen molar-refractivity contribution in [2.24, 2.45) is 0 Å². The van der Waals surface area contributed by atoms with E-state index in [1.165, 1.54) is 5.56 Å². The highest BCUT2D eigenvalue weighted by Gasteiger charge is 2.13. The van der Waals surface area contributed by atoms with Gasteiger partial charge in [-0.1, -0.05) is 30.3 Å². The van der Waals surface area contributed by atoms with Gasteiger partial charge in [-0.15, -0.1) is 11.8 Å². The molecule has 2 rings (SSSR count). The monoisotopic (exact) mass is 272 g/mol. The van der Waals surface area contributed by atoms with Crippen LogP contribution >= 0.6 is 11.8 Å². The van der Waals surface area contributed by atoms with Crippen LogP contribution in [0.1, 0.15) is 12.5 Å². The summed E-state index contributed by atoms with van der Waals surface area (Å²) in [7, 11) is 0. The highest BCUT2D eigenvalue weighted by atomic mass is 32.2. The number of rotatable bonds is 5. The maximum absolute atomic E-state index is 12.0. The van der Waals surface area contributed by atoms with Crippen LogP contribution in [0.5, 0.6) is 0 Å². The number of anilines is 1. The lowest BCUT2D eigenvalue weighted by Crippen LogP contribution is -2.22. The van der Waals surface area contributed by atoms with Gasteiger partial charge in [0.05, 0.1) is 17.1 Å². The van der Waals surface area contributed by atoms with Crippen molar-refractivity contribution in [3.8, 4) is 0 Å². The molecule has 2 aromatic rings. The third kappa shape index (κ3) is 4.41. The molecule has 3 nitrogen and oxygen atoms in total. The Morgan fingerprint density at radius 3 is 2.74 bits per heavy atom. The molecule has 19 heavy (non-hydrogen) atoms. The lowest BCUT2D eigenvalue weighted by Gasteiger charge is -2.11. The van der Waals surface area contributed by atoms with Crippen molar-refractivity contribution in [1.82, 2.24) is 4.98 Å². The molecule has 0 saturated carbocycles. The van der Waals surface area contributed by atoms with E-state index in [0.29, 0.717) is 0 Å². The van der Waals surface area contributed by atoms with Crippen LogP contribution in [0.2, 0.25) is 0 Å². The van der Waals surface area contributed by atoms with E-state index < -0.39 is 0 Å². The molecule has 1 aromatic heterocycles. The first kappa shape index (κ1) is 13.6. The second-order valence-electron chi connectivity index (χ2n) is 4.17. The first-order chi connectivity index (χ1) is 9.25. The van der Waals surface area contributed by atoms with Crippen LogP contribution in [0.25, 0.3) is 0 Å². The minimum Gasteiger partial charge on any atom is -0.324 e. The van der Waals surface area contributed by atoms with Gasteiger partial charge in [-0.25, -0.2) is 0 Å². The number of nitrogens with zero attached hydrogens (tertiary/aromatic N) is 1. The molecule has 0 aliphatic carbocycles. The Kier molecular flexibility index (Phi) is 4.98. The van der Waals surface area contributed by atoms with Crippen molar-refractivity contribution in [2.45, 2.75) is 17.9 Å². The molecule has 1 atom stereocenters. The van der Waals surface area contributed by atoms with Crippen molar-refractivity contribution in [3.05, 3.63) is 60.4 Å². The van der Waals surface area contributed by atoms with E-state index >= 15 is 0 Å². The predicted molar refractivity (Wildman–Crippen MR) is 80.1 cm³/mol. The molecule has 0 unspecified atom stereocenters. The Labute approximate surface area is 117 Å². The number of benzene rings is 1. The van der Waals surface area contributed by atoms with Crippen molar-refractivity contribution >= 4 is 23.4 Å². The summed E-state index contributed by atoms with van der Waals surface area (Å²) in [6.07, 6.45) is 3.33. The zero-order valence-corrected chi connectivity index (χ0v) is 11.6. The molecule has 0 bridgehead atoms. The van der Waals surface area contributed by atoms with Crippen molar-refractivity contribution < 1.29 is 4.79 Å². The van der Waals surface area contributed by atoms with Gasteiger partial charge in [0.2, 0.25) is 5.91 Å². The molecule has 1 aromatic carbocycles.